The molecular formula is C33H33NO8. The molecule has 1 aliphatic heterocycles. The van der Waals surface area contributed by atoms with Gasteiger partial charge in [0.25, 0.3) is 0 Å². The Morgan fingerprint density at radius 2 is 1.40 bits per heavy atom. The lowest BCUT2D eigenvalue weighted by atomic mass is 10.1. The van der Waals surface area contributed by atoms with Crippen LogP contribution in [0.5, 0.6) is 5.75 Å². The van der Waals surface area contributed by atoms with Crippen LogP contribution in [-0.4, -0.2) is 49.4 Å². The summed E-state index contributed by atoms with van der Waals surface area (Å²) in [4.78, 5) is 63.8. The molecule has 0 bridgehead atoms. The Bertz CT molecular complexity index is 1430. The van der Waals surface area contributed by atoms with Gasteiger partial charge in [-0.05, 0) is 74.0 Å². The molecule has 3 aromatic carbocycles. The van der Waals surface area contributed by atoms with Gasteiger partial charge >= 0.3 is 17.9 Å². The third-order valence-corrected chi connectivity index (χ3v) is 6.87. The van der Waals surface area contributed by atoms with E-state index in [1.165, 1.54) is 29.2 Å². The highest BCUT2D eigenvalue weighted by Gasteiger charge is 2.36. The van der Waals surface area contributed by atoms with Crippen LogP contribution >= 0.6 is 0 Å². The molecule has 3 aromatic rings. The van der Waals surface area contributed by atoms with E-state index in [1.54, 1.807) is 36.4 Å². The Morgan fingerprint density at radius 1 is 0.786 bits per heavy atom. The average molecular weight is 572 g/mol. The number of amides is 1. The molecule has 0 aromatic heterocycles. The molecule has 0 N–H and O–H groups in total. The molecule has 0 saturated carbocycles. The van der Waals surface area contributed by atoms with Crippen LogP contribution in [0.2, 0.25) is 0 Å². The highest BCUT2D eigenvalue weighted by Crippen LogP contribution is 2.26. The number of ether oxygens (including phenoxy) is 3. The molecule has 1 saturated heterocycles. The smallest absolute Gasteiger partial charge is 0.343 e. The van der Waals surface area contributed by atoms with Crippen molar-refractivity contribution in [3.8, 4) is 5.75 Å². The molecule has 0 unspecified atom stereocenters. The normalized spacial score (nSPS) is 14.4. The minimum absolute atomic E-state index is 0.0463. The van der Waals surface area contributed by atoms with Gasteiger partial charge < -0.3 is 19.1 Å². The number of carbonyl (C=O) groups is 5. The molecule has 0 spiro atoms. The number of aryl methyl sites for hydroxylation is 1. The number of rotatable bonds is 12. The maximum atomic E-state index is 12.7. The van der Waals surface area contributed by atoms with E-state index in [2.05, 4.69) is 6.92 Å². The van der Waals surface area contributed by atoms with Crippen molar-refractivity contribution in [1.29, 1.82) is 0 Å². The van der Waals surface area contributed by atoms with Gasteiger partial charge in [-0.15, -0.1) is 0 Å². The van der Waals surface area contributed by atoms with E-state index < -0.39 is 36.2 Å². The maximum Gasteiger partial charge on any atom is 0.343 e. The molecular weight excluding hydrogens is 538 g/mol. The molecule has 1 heterocycles. The summed E-state index contributed by atoms with van der Waals surface area (Å²) in [5, 5.41) is 0. The van der Waals surface area contributed by atoms with Gasteiger partial charge in [0, 0.05) is 24.2 Å². The summed E-state index contributed by atoms with van der Waals surface area (Å²) < 4.78 is 15.8. The number of anilines is 1. The zero-order valence-corrected chi connectivity index (χ0v) is 23.7. The fourth-order valence-corrected chi connectivity index (χ4v) is 4.40. The summed E-state index contributed by atoms with van der Waals surface area (Å²) in [5.74, 6) is -2.72. The van der Waals surface area contributed by atoms with Crippen molar-refractivity contribution in [1.82, 2.24) is 0 Å². The second-order valence-corrected chi connectivity index (χ2v) is 10.1. The molecule has 218 valence electrons. The number of carbonyl (C=O) groups excluding carboxylic acids is 5. The largest absolute Gasteiger partial charge is 0.462 e. The first-order chi connectivity index (χ1) is 20.2. The quantitative estimate of drug-likeness (QED) is 0.124. The maximum absolute atomic E-state index is 12.7. The van der Waals surface area contributed by atoms with Crippen LogP contribution in [0.4, 0.5) is 5.69 Å². The van der Waals surface area contributed by atoms with Crippen molar-refractivity contribution >= 4 is 35.3 Å². The molecule has 0 aliphatic carbocycles. The van der Waals surface area contributed by atoms with E-state index in [0.717, 1.165) is 24.8 Å². The summed E-state index contributed by atoms with van der Waals surface area (Å²) in [7, 11) is 0. The summed E-state index contributed by atoms with van der Waals surface area (Å²) in [6.07, 6.45) is 2.78. The van der Waals surface area contributed by atoms with Crippen LogP contribution in [0.25, 0.3) is 0 Å². The minimum Gasteiger partial charge on any atom is -0.462 e. The number of unbranched alkanes of at least 4 members (excludes halogenated alkanes) is 2. The van der Waals surface area contributed by atoms with E-state index in [9.17, 15) is 24.0 Å². The highest BCUT2D eigenvalue weighted by molar-refractivity contribution is 6.01. The first-order valence-electron chi connectivity index (χ1n) is 13.9. The van der Waals surface area contributed by atoms with E-state index in [-0.39, 0.29) is 30.2 Å². The first-order valence-corrected chi connectivity index (χ1v) is 13.9. The van der Waals surface area contributed by atoms with Gasteiger partial charge in [0.2, 0.25) is 5.91 Å². The molecule has 1 aliphatic rings. The third-order valence-electron chi connectivity index (χ3n) is 6.87. The van der Waals surface area contributed by atoms with Gasteiger partial charge in [0.15, 0.2) is 12.4 Å². The molecule has 0 radical (unpaired) electrons. The Labute approximate surface area is 244 Å². The Balaban J connectivity index is 1.24. The molecule has 1 atom stereocenters. The SMILES string of the molecule is CCCCCOC(=O)c1ccc(N2C[C@H](C(=O)OCC(=O)c3ccc(OC(=O)c4ccc(C)cc4)cc3)CC2=O)cc1. The molecule has 9 nitrogen and oxygen atoms in total. The standard InChI is InChI=1S/C33H33NO8/c1-3-4-5-18-40-31(37)24-10-14-27(15-11-24)34-20-26(19-30(34)36)32(38)41-21-29(35)23-12-16-28(17-13-23)42-33(39)25-8-6-22(2)7-9-25/h6-17,26H,3-5,18-21H2,1-2H3/t26-/m1/s1. The Kier molecular flexibility index (Phi) is 10.2. The van der Waals surface area contributed by atoms with Gasteiger partial charge in [-0.25, -0.2) is 9.59 Å². The van der Waals surface area contributed by atoms with Crippen molar-refractivity contribution in [3.63, 3.8) is 0 Å². The van der Waals surface area contributed by atoms with Gasteiger partial charge in [0.1, 0.15) is 5.75 Å². The van der Waals surface area contributed by atoms with Crippen molar-refractivity contribution in [3.05, 3.63) is 95.1 Å². The number of ketones is 1. The second-order valence-electron chi connectivity index (χ2n) is 10.1. The number of esters is 3. The summed E-state index contributed by atoms with van der Waals surface area (Å²) in [6, 6.07) is 19.4. The summed E-state index contributed by atoms with van der Waals surface area (Å²) in [5.41, 5.74) is 2.65. The van der Waals surface area contributed by atoms with E-state index in [4.69, 9.17) is 14.2 Å². The first kappa shape index (κ1) is 30.2. The van der Waals surface area contributed by atoms with E-state index >= 15 is 0 Å². The zero-order chi connectivity index (χ0) is 30.1. The van der Waals surface area contributed by atoms with Crippen LogP contribution in [-0.2, 0) is 19.1 Å². The van der Waals surface area contributed by atoms with Crippen LogP contribution in [0.1, 0.15) is 69.2 Å². The minimum atomic E-state index is -0.725. The molecule has 1 amide bonds. The Morgan fingerprint density at radius 3 is 2.07 bits per heavy atom. The average Bonchev–Trinajstić information content (AvgIpc) is 3.40. The predicted octanol–water partition coefficient (Wildman–Crippen LogP) is 5.34. The lowest BCUT2D eigenvalue weighted by Crippen LogP contribution is -2.27. The van der Waals surface area contributed by atoms with Crippen molar-refractivity contribution in [2.45, 2.75) is 39.5 Å². The van der Waals surface area contributed by atoms with Gasteiger partial charge in [0.05, 0.1) is 23.7 Å². The van der Waals surface area contributed by atoms with Crippen LogP contribution in [0.3, 0.4) is 0 Å². The molecule has 1 fully saturated rings. The molecule has 9 heteroatoms. The van der Waals surface area contributed by atoms with Crippen LogP contribution in [0.15, 0.2) is 72.8 Å². The predicted molar refractivity (Wildman–Crippen MR) is 155 cm³/mol. The summed E-state index contributed by atoms with van der Waals surface area (Å²) in [6.45, 7) is 3.97. The van der Waals surface area contributed by atoms with E-state index in [1.807, 2.05) is 19.1 Å². The third kappa shape index (κ3) is 7.90. The number of nitrogens with zero attached hydrogens (tertiary/aromatic N) is 1. The summed E-state index contributed by atoms with van der Waals surface area (Å²) >= 11 is 0. The van der Waals surface area contributed by atoms with Crippen LogP contribution < -0.4 is 9.64 Å². The van der Waals surface area contributed by atoms with Crippen molar-refractivity contribution in [2.24, 2.45) is 5.92 Å². The van der Waals surface area contributed by atoms with Crippen LogP contribution in [0, 0.1) is 12.8 Å². The fourth-order valence-electron chi connectivity index (χ4n) is 4.40. The number of hydrogen-bond acceptors (Lipinski definition) is 8. The van der Waals surface area contributed by atoms with E-state index in [0.29, 0.717) is 23.4 Å². The lowest BCUT2D eigenvalue weighted by molar-refractivity contribution is -0.147. The fraction of sp³-hybridized carbons (Fsp3) is 0.303. The number of benzene rings is 3. The number of Topliss-reactive ketones (excluding diaryl/α,β-unsaturated/α-hetero) is 1. The highest BCUT2D eigenvalue weighted by atomic mass is 16.5. The van der Waals surface area contributed by atoms with Crippen molar-refractivity contribution < 1.29 is 38.2 Å². The monoisotopic (exact) mass is 571 g/mol. The van der Waals surface area contributed by atoms with Gasteiger partial charge in [-0.2, -0.15) is 0 Å². The topological polar surface area (TPSA) is 116 Å². The number of hydrogen-bond donors (Lipinski definition) is 0. The second kappa shape index (κ2) is 14.2. The van der Waals surface area contributed by atoms with Gasteiger partial charge in [-0.3, -0.25) is 14.4 Å². The Hall–Kier alpha value is -4.79. The zero-order valence-electron chi connectivity index (χ0n) is 23.7. The lowest BCUT2D eigenvalue weighted by Gasteiger charge is -2.17. The van der Waals surface area contributed by atoms with Gasteiger partial charge in [-0.1, -0.05) is 37.5 Å². The molecule has 4 rings (SSSR count). The molecule has 42 heavy (non-hydrogen) atoms. The van der Waals surface area contributed by atoms with Crippen molar-refractivity contribution in [2.75, 3.05) is 24.7 Å².